The molecule has 106 valence electrons. The molecule has 1 heterocycles. The Labute approximate surface area is 121 Å². The molecule has 0 spiro atoms. The van der Waals surface area contributed by atoms with E-state index in [0.29, 0.717) is 16.0 Å². The number of nitrogen functional groups attached to an aromatic ring is 1. The lowest BCUT2D eigenvalue weighted by molar-refractivity contribution is 0.0825. The maximum absolute atomic E-state index is 13.3. The Morgan fingerprint density at radius 3 is 2.85 bits per heavy atom. The van der Waals surface area contributed by atoms with Crippen molar-refractivity contribution in [3.05, 3.63) is 28.9 Å². The van der Waals surface area contributed by atoms with Gasteiger partial charge >= 0.3 is 0 Å². The van der Waals surface area contributed by atoms with E-state index in [4.69, 9.17) is 5.73 Å². The molecular formula is C15H17FN2OS. The Bertz CT molecular complexity index is 670. The molecular weight excluding hydrogens is 275 g/mol. The van der Waals surface area contributed by atoms with Gasteiger partial charge in [-0.25, -0.2) is 4.39 Å². The highest BCUT2D eigenvalue weighted by atomic mass is 32.1. The first-order valence-electron chi connectivity index (χ1n) is 6.85. The molecule has 0 radical (unpaired) electrons. The first-order chi connectivity index (χ1) is 9.54. The molecule has 20 heavy (non-hydrogen) atoms. The van der Waals surface area contributed by atoms with Gasteiger partial charge in [0.1, 0.15) is 10.7 Å². The number of carbonyl (C=O) groups is 1. The Balaban J connectivity index is 1.93. The van der Waals surface area contributed by atoms with Crippen LogP contribution in [-0.2, 0) is 0 Å². The van der Waals surface area contributed by atoms with Gasteiger partial charge in [0, 0.05) is 15.6 Å². The molecule has 0 atom stereocenters. The van der Waals surface area contributed by atoms with E-state index < -0.39 is 0 Å². The largest absolute Gasteiger partial charge is 0.397 e. The monoisotopic (exact) mass is 292 g/mol. The highest BCUT2D eigenvalue weighted by molar-refractivity contribution is 7.21. The van der Waals surface area contributed by atoms with Crippen LogP contribution >= 0.6 is 11.3 Å². The summed E-state index contributed by atoms with van der Waals surface area (Å²) in [6.07, 6.45) is 4.13. The molecule has 1 aliphatic carbocycles. The zero-order valence-electron chi connectivity index (χ0n) is 11.3. The maximum Gasteiger partial charge on any atom is 0.263 e. The maximum atomic E-state index is 13.3. The van der Waals surface area contributed by atoms with E-state index in [1.165, 1.54) is 23.5 Å². The van der Waals surface area contributed by atoms with Gasteiger partial charge in [-0.2, -0.15) is 0 Å². The van der Waals surface area contributed by atoms with E-state index in [1.54, 1.807) is 6.07 Å². The molecule has 0 aliphatic heterocycles. The van der Waals surface area contributed by atoms with Crippen molar-refractivity contribution < 1.29 is 9.18 Å². The lowest BCUT2D eigenvalue weighted by atomic mass is 9.75. The number of hydrogen-bond donors (Lipinski definition) is 2. The second-order valence-electron chi connectivity index (χ2n) is 5.43. The van der Waals surface area contributed by atoms with Crippen molar-refractivity contribution >= 4 is 33.0 Å². The second kappa shape index (κ2) is 4.74. The van der Waals surface area contributed by atoms with Crippen LogP contribution in [0.15, 0.2) is 18.2 Å². The SMILES string of the molecule is CCC1(NC(=O)c2sc3ccc(F)cc3c2N)CCC1. The number of nitrogens with one attached hydrogen (secondary N) is 1. The zero-order valence-corrected chi connectivity index (χ0v) is 12.1. The van der Waals surface area contributed by atoms with Gasteiger partial charge in [0.15, 0.2) is 0 Å². The number of nitrogens with two attached hydrogens (primary N) is 1. The summed E-state index contributed by atoms with van der Waals surface area (Å²) < 4.78 is 14.1. The minimum absolute atomic E-state index is 0.0645. The van der Waals surface area contributed by atoms with Crippen LogP contribution in [0.1, 0.15) is 42.3 Å². The van der Waals surface area contributed by atoms with Crippen LogP contribution in [0.2, 0.25) is 0 Å². The van der Waals surface area contributed by atoms with Crippen LogP contribution in [0.5, 0.6) is 0 Å². The fourth-order valence-corrected chi connectivity index (χ4v) is 3.72. The van der Waals surface area contributed by atoms with Crippen LogP contribution in [0, 0.1) is 5.82 Å². The van der Waals surface area contributed by atoms with E-state index in [0.717, 1.165) is 30.4 Å². The summed E-state index contributed by atoms with van der Waals surface area (Å²) >= 11 is 1.32. The molecule has 3 rings (SSSR count). The average Bonchev–Trinajstić information content (AvgIpc) is 2.71. The summed E-state index contributed by atoms with van der Waals surface area (Å²) in [6, 6.07) is 4.44. The van der Waals surface area contributed by atoms with E-state index in [1.807, 2.05) is 0 Å². The number of anilines is 1. The van der Waals surface area contributed by atoms with E-state index >= 15 is 0 Å². The van der Waals surface area contributed by atoms with Gasteiger partial charge in [-0.05, 0) is 43.9 Å². The summed E-state index contributed by atoms with van der Waals surface area (Å²) in [5.41, 5.74) is 6.33. The lowest BCUT2D eigenvalue weighted by Crippen LogP contribution is -2.52. The molecule has 0 bridgehead atoms. The van der Waals surface area contributed by atoms with Crippen LogP contribution in [0.25, 0.3) is 10.1 Å². The molecule has 1 fully saturated rings. The molecule has 2 aromatic rings. The first-order valence-corrected chi connectivity index (χ1v) is 7.66. The topological polar surface area (TPSA) is 55.1 Å². The van der Waals surface area contributed by atoms with E-state index in [-0.39, 0.29) is 17.3 Å². The fourth-order valence-electron chi connectivity index (χ4n) is 2.73. The quantitative estimate of drug-likeness (QED) is 0.906. The predicted octanol–water partition coefficient (Wildman–Crippen LogP) is 3.69. The Morgan fingerprint density at radius 1 is 1.50 bits per heavy atom. The van der Waals surface area contributed by atoms with E-state index in [9.17, 15) is 9.18 Å². The lowest BCUT2D eigenvalue weighted by Gasteiger charge is -2.41. The highest BCUT2D eigenvalue weighted by Crippen LogP contribution is 2.37. The van der Waals surface area contributed by atoms with Gasteiger partial charge in [-0.15, -0.1) is 11.3 Å². The number of benzene rings is 1. The first kappa shape index (κ1) is 13.4. The number of fused-ring (bicyclic) bond motifs is 1. The standard InChI is InChI=1S/C15H17FN2OS/c1-2-15(6-3-7-15)18-14(19)13-12(17)10-8-9(16)4-5-11(10)20-13/h4-5,8H,2-3,6-7,17H2,1H3,(H,18,19). The van der Waals surface area contributed by atoms with Crippen LogP contribution in [0.4, 0.5) is 10.1 Å². The predicted molar refractivity (Wildman–Crippen MR) is 80.5 cm³/mol. The van der Waals surface area contributed by atoms with Gasteiger partial charge in [-0.3, -0.25) is 4.79 Å². The summed E-state index contributed by atoms with van der Waals surface area (Å²) in [6.45, 7) is 2.09. The second-order valence-corrected chi connectivity index (χ2v) is 6.48. The molecule has 0 unspecified atom stereocenters. The van der Waals surface area contributed by atoms with E-state index in [2.05, 4.69) is 12.2 Å². The third-order valence-corrected chi connectivity index (χ3v) is 5.45. The third kappa shape index (κ3) is 2.06. The smallest absolute Gasteiger partial charge is 0.263 e. The Hall–Kier alpha value is -1.62. The van der Waals surface area contributed by atoms with Crippen molar-refractivity contribution in [2.45, 2.75) is 38.1 Å². The zero-order chi connectivity index (χ0) is 14.3. The van der Waals surface area contributed by atoms with Crippen molar-refractivity contribution in [3.8, 4) is 0 Å². The third-order valence-electron chi connectivity index (χ3n) is 4.26. The summed E-state index contributed by atoms with van der Waals surface area (Å²) in [5, 5.41) is 3.73. The van der Waals surface area contributed by atoms with Crippen molar-refractivity contribution in [2.24, 2.45) is 0 Å². The molecule has 1 saturated carbocycles. The average molecular weight is 292 g/mol. The summed E-state index contributed by atoms with van der Waals surface area (Å²) in [4.78, 5) is 12.9. The molecule has 1 aromatic carbocycles. The minimum atomic E-state index is -0.335. The number of hydrogen-bond acceptors (Lipinski definition) is 3. The van der Waals surface area contributed by atoms with Crippen molar-refractivity contribution in [3.63, 3.8) is 0 Å². The number of halogens is 1. The number of carbonyl (C=O) groups excluding carboxylic acids is 1. The molecule has 5 heteroatoms. The number of thiophene rings is 1. The Kier molecular flexibility index (Phi) is 3.17. The minimum Gasteiger partial charge on any atom is -0.397 e. The Morgan fingerprint density at radius 2 is 2.25 bits per heavy atom. The highest BCUT2D eigenvalue weighted by Gasteiger charge is 2.37. The van der Waals surface area contributed by atoms with Gasteiger partial charge in [-0.1, -0.05) is 6.92 Å². The molecule has 1 aromatic heterocycles. The van der Waals surface area contributed by atoms with Gasteiger partial charge in [0.2, 0.25) is 0 Å². The summed E-state index contributed by atoms with van der Waals surface area (Å²) in [5.74, 6) is -0.469. The molecule has 0 saturated heterocycles. The molecule has 1 aliphatic rings. The number of amides is 1. The van der Waals surface area contributed by atoms with Crippen molar-refractivity contribution in [1.29, 1.82) is 0 Å². The van der Waals surface area contributed by atoms with Gasteiger partial charge in [0.05, 0.1) is 5.69 Å². The van der Waals surface area contributed by atoms with Crippen LogP contribution in [0.3, 0.4) is 0 Å². The normalized spacial score (nSPS) is 16.9. The molecule has 1 amide bonds. The van der Waals surface area contributed by atoms with Crippen LogP contribution < -0.4 is 11.1 Å². The fraction of sp³-hybridized carbons (Fsp3) is 0.400. The van der Waals surface area contributed by atoms with Gasteiger partial charge < -0.3 is 11.1 Å². The number of rotatable bonds is 3. The van der Waals surface area contributed by atoms with Crippen LogP contribution in [-0.4, -0.2) is 11.4 Å². The molecule has 3 nitrogen and oxygen atoms in total. The van der Waals surface area contributed by atoms with Crippen molar-refractivity contribution in [1.82, 2.24) is 5.32 Å². The molecule has 3 N–H and O–H groups in total. The van der Waals surface area contributed by atoms with Crippen molar-refractivity contribution in [2.75, 3.05) is 5.73 Å². The van der Waals surface area contributed by atoms with Gasteiger partial charge in [0.25, 0.3) is 5.91 Å². The summed E-state index contributed by atoms with van der Waals surface area (Å²) in [7, 11) is 0.